The van der Waals surface area contributed by atoms with Gasteiger partial charge in [0.05, 0.1) is 0 Å². The molecular formula is C13H19NO3. The number of nitrogens with one attached hydrogen (secondary N) is 1. The maximum absolute atomic E-state index is 11.2. The van der Waals surface area contributed by atoms with Crippen molar-refractivity contribution in [2.45, 2.75) is 38.8 Å². The number of phenols is 1. The first-order chi connectivity index (χ1) is 7.98. The highest BCUT2D eigenvalue weighted by Crippen LogP contribution is 2.15. The van der Waals surface area contributed by atoms with Crippen molar-refractivity contribution in [2.75, 3.05) is 0 Å². The number of benzene rings is 1. The van der Waals surface area contributed by atoms with Crippen LogP contribution >= 0.6 is 0 Å². The number of hydrogen-bond acceptors (Lipinski definition) is 3. The van der Waals surface area contributed by atoms with Crippen LogP contribution in [0.1, 0.15) is 32.3 Å². The fourth-order valence-corrected chi connectivity index (χ4v) is 1.73. The molecule has 0 fully saturated rings. The summed E-state index contributed by atoms with van der Waals surface area (Å²) in [5, 5.41) is 21.5. The van der Waals surface area contributed by atoms with Gasteiger partial charge in [0.2, 0.25) is 0 Å². The lowest BCUT2D eigenvalue weighted by Crippen LogP contribution is -2.48. The number of rotatable bonds is 6. The second-order valence-electron chi connectivity index (χ2n) is 4.41. The Morgan fingerprint density at radius 1 is 1.47 bits per heavy atom. The minimum absolute atomic E-state index is 0.191. The van der Waals surface area contributed by atoms with E-state index in [1.54, 1.807) is 25.1 Å². The number of carboxylic acids is 1. The molecule has 0 aliphatic heterocycles. The average molecular weight is 237 g/mol. The molecule has 0 saturated carbocycles. The van der Waals surface area contributed by atoms with Gasteiger partial charge in [-0.15, -0.1) is 0 Å². The Kier molecular flexibility index (Phi) is 4.52. The second-order valence-corrected chi connectivity index (χ2v) is 4.41. The number of carbonyl (C=O) groups is 1. The maximum Gasteiger partial charge on any atom is 0.323 e. The molecule has 0 aliphatic rings. The molecule has 1 unspecified atom stereocenters. The van der Waals surface area contributed by atoms with Crippen molar-refractivity contribution < 1.29 is 15.0 Å². The van der Waals surface area contributed by atoms with Crippen molar-refractivity contribution in [3.8, 4) is 5.75 Å². The van der Waals surface area contributed by atoms with Crippen molar-refractivity contribution in [1.29, 1.82) is 0 Å². The Morgan fingerprint density at radius 3 is 2.71 bits per heavy atom. The summed E-state index contributed by atoms with van der Waals surface area (Å²) in [4.78, 5) is 11.2. The molecule has 1 aromatic carbocycles. The topological polar surface area (TPSA) is 69.6 Å². The van der Waals surface area contributed by atoms with Crippen LogP contribution in [0.3, 0.4) is 0 Å². The molecule has 1 rings (SSSR count). The van der Waals surface area contributed by atoms with E-state index in [0.717, 1.165) is 12.0 Å². The molecule has 4 nitrogen and oxygen atoms in total. The average Bonchev–Trinajstić information content (AvgIpc) is 2.27. The lowest BCUT2D eigenvalue weighted by molar-refractivity contribution is -0.144. The van der Waals surface area contributed by atoms with E-state index in [1.807, 2.05) is 13.0 Å². The van der Waals surface area contributed by atoms with Gasteiger partial charge >= 0.3 is 5.97 Å². The molecule has 0 saturated heterocycles. The highest BCUT2D eigenvalue weighted by Gasteiger charge is 2.31. The Morgan fingerprint density at radius 2 is 2.18 bits per heavy atom. The molecule has 17 heavy (non-hydrogen) atoms. The number of hydrogen-bond donors (Lipinski definition) is 3. The Bertz CT molecular complexity index is 392. The summed E-state index contributed by atoms with van der Waals surface area (Å²) < 4.78 is 0. The number of aliphatic carboxylic acids is 1. The third-order valence-corrected chi connectivity index (χ3v) is 2.82. The van der Waals surface area contributed by atoms with Crippen LogP contribution in [0.5, 0.6) is 5.75 Å². The quantitative estimate of drug-likeness (QED) is 0.709. The first kappa shape index (κ1) is 13.5. The summed E-state index contributed by atoms with van der Waals surface area (Å²) in [6, 6.07) is 6.80. The molecule has 0 aliphatic carbocycles. The molecule has 1 atom stereocenters. The molecule has 0 spiro atoms. The van der Waals surface area contributed by atoms with Gasteiger partial charge in [-0.05, 0) is 31.0 Å². The van der Waals surface area contributed by atoms with E-state index in [2.05, 4.69) is 5.32 Å². The highest BCUT2D eigenvalue weighted by atomic mass is 16.4. The minimum atomic E-state index is -0.916. The second kappa shape index (κ2) is 5.68. The summed E-state index contributed by atoms with van der Waals surface area (Å²) in [5.74, 6) is -0.656. The van der Waals surface area contributed by atoms with E-state index >= 15 is 0 Å². The van der Waals surface area contributed by atoms with Gasteiger partial charge in [-0.2, -0.15) is 0 Å². The summed E-state index contributed by atoms with van der Waals surface area (Å²) >= 11 is 0. The van der Waals surface area contributed by atoms with E-state index in [9.17, 15) is 15.0 Å². The molecule has 0 aromatic heterocycles. The van der Waals surface area contributed by atoms with Gasteiger partial charge in [0.25, 0.3) is 0 Å². The molecule has 0 radical (unpaired) electrons. The smallest absolute Gasteiger partial charge is 0.323 e. The zero-order valence-electron chi connectivity index (χ0n) is 10.2. The minimum Gasteiger partial charge on any atom is -0.508 e. The maximum atomic E-state index is 11.2. The van der Waals surface area contributed by atoms with Gasteiger partial charge < -0.3 is 10.2 Å². The molecule has 94 valence electrons. The van der Waals surface area contributed by atoms with E-state index in [-0.39, 0.29) is 5.75 Å². The van der Waals surface area contributed by atoms with Crippen LogP contribution in [-0.2, 0) is 11.3 Å². The number of phenolic OH excluding ortho intramolecular Hbond substituents is 1. The van der Waals surface area contributed by atoms with Gasteiger partial charge in [-0.1, -0.05) is 25.5 Å². The molecule has 0 bridgehead atoms. The van der Waals surface area contributed by atoms with Crippen LogP contribution in [0.15, 0.2) is 24.3 Å². The molecule has 1 aromatic rings. The largest absolute Gasteiger partial charge is 0.508 e. The first-order valence-corrected chi connectivity index (χ1v) is 5.74. The summed E-state index contributed by atoms with van der Waals surface area (Å²) in [5.41, 5.74) is -0.0474. The van der Waals surface area contributed by atoms with Crippen molar-refractivity contribution in [3.05, 3.63) is 29.8 Å². The monoisotopic (exact) mass is 237 g/mol. The van der Waals surface area contributed by atoms with Crippen molar-refractivity contribution >= 4 is 5.97 Å². The number of carboxylic acid groups (broad SMARTS) is 1. The summed E-state index contributed by atoms with van der Waals surface area (Å²) in [6.07, 6.45) is 1.37. The van der Waals surface area contributed by atoms with Crippen LogP contribution in [0.2, 0.25) is 0 Å². The predicted molar refractivity (Wildman–Crippen MR) is 65.9 cm³/mol. The van der Waals surface area contributed by atoms with Crippen LogP contribution in [0.25, 0.3) is 0 Å². The molecular weight excluding hydrogens is 218 g/mol. The van der Waals surface area contributed by atoms with Crippen LogP contribution < -0.4 is 5.32 Å². The lowest BCUT2D eigenvalue weighted by atomic mass is 9.96. The van der Waals surface area contributed by atoms with E-state index in [0.29, 0.717) is 13.0 Å². The van der Waals surface area contributed by atoms with E-state index in [1.165, 1.54) is 0 Å². The molecule has 3 N–H and O–H groups in total. The van der Waals surface area contributed by atoms with Gasteiger partial charge in [-0.3, -0.25) is 10.1 Å². The zero-order chi connectivity index (χ0) is 12.9. The summed E-state index contributed by atoms with van der Waals surface area (Å²) in [6.45, 7) is 4.07. The van der Waals surface area contributed by atoms with Crippen LogP contribution in [0.4, 0.5) is 0 Å². The SMILES string of the molecule is CCCC(C)(NCc1cccc(O)c1)C(=O)O. The third-order valence-electron chi connectivity index (χ3n) is 2.82. The Labute approximate surface area is 101 Å². The molecule has 4 heteroatoms. The van der Waals surface area contributed by atoms with Crippen molar-refractivity contribution in [1.82, 2.24) is 5.32 Å². The molecule has 0 amide bonds. The fourth-order valence-electron chi connectivity index (χ4n) is 1.73. The summed E-state index contributed by atoms with van der Waals surface area (Å²) in [7, 11) is 0. The zero-order valence-corrected chi connectivity index (χ0v) is 10.2. The van der Waals surface area contributed by atoms with Crippen molar-refractivity contribution in [2.24, 2.45) is 0 Å². The fraction of sp³-hybridized carbons (Fsp3) is 0.462. The van der Waals surface area contributed by atoms with Gasteiger partial charge in [0.1, 0.15) is 11.3 Å². The van der Waals surface area contributed by atoms with Crippen molar-refractivity contribution in [3.63, 3.8) is 0 Å². The highest BCUT2D eigenvalue weighted by molar-refractivity contribution is 5.78. The standard InChI is InChI=1S/C13H19NO3/c1-3-7-13(2,12(16)17)14-9-10-5-4-6-11(15)8-10/h4-6,8,14-15H,3,7,9H2,1-2H3,(H,16,17). The number of aromatic hydroxyl groups is 1. The normalized spacial score (nSPS) is 14.2. The van der Waals surface area contributed by atoms with E-state index < -0.39 is 11.5 Å². The molecule has 0 heterocycles. The van der Waals surface area contributed by atoms with E-state index in [4.69, 9.17) is 0 Å². The van der Waals surface area contributed by atoms with Gasteiger partial charge in [0.15, 0.2) is 0 Å². The van der Waals surface area contributed by atoms with Crippen LogP contribution in [-0.4, -0.2) is 21.7 Å². The Balaban J connectivity index is 2.67. The predicted octanol–water partition coefficient (Wildman–Crippen LogP) is 2.13. The third kappa shape index (κ3) is 3.75. The van der Waals surface area contributed by atoms with Gasteiger partial charge in [-0.25, -0.2) is 0 Å². The van der Waals surface area contributed by atoms with Gasteiger partial charge in [0, 0.05) is 6.54 Å². The van der Waals surface area contributed by atoms with Crippen LogP contribution in [0, 0.1) is 0 Å². The lowest BCUT2D eigenvalue weighted by Gasteiger charge is -2.26. The Hall–Kier alpha value is -1.55. The first-order valence-electron chi connectivity index (χ1n) is 5.74.